The molecule has 0 bridgehead atoms. The molecule has 2 N–H and O–H groups in total. The van der Waals surface area contributed by atoms with E-state index in [-0.39, 0.29) is 24.8 Å². The average Bonchev–Trinajstić information content (AvgIpc) is 2.30. The minimum absolute atomic E-state index is 0. The van der Waals surface area contributed by atoms with E-state index in [1.165, 1.54) is 11.3 Å². The van der Waals surface area contributed by atoms with Gasteiger partial charge in [-0.25, -0.2) is 0 Å². The summed E-state index contributed by atoms with van der Waals surface area (Å²) in [7, 11) is 2.18. The molecule has 3 nitrogen and oxygen atoms in total. The lowest BCUT2D eigenvalue weighted by atomic mass is 10.2. The SMILES string of the molecule is CN1CCN(c2ccc(CN)cc2)CC1.Cl.Cl. The Morgan fingerprint density at radius 1 is 1.00 bits per heavy atom. The number of rotatable bonds is 2. The molecule has 1 heterocycles. The van der Waals surface area contributed by atoms with Crippen LogP contribution in [-0.4, -0.2) is 38.1 Å². The van der Waals surface area contributed by atoms with Crippen LogP contribution in [0.1, 0.15) is 5.56 Å². The lowest BCUT2D eigenvalue weighted by Gasteiger charge is -2.34. The van der Waals surface area contributed by atoms with Crippen molar-refractivity contribution >= 4 is 30.5 Å². The number of nitrogens with two attached hydrogens (primary N) is 1. The average molecular weight is 278 g/mol. The highest BCUT2D eigenvalue weighted by molar-refractivity contribution is 5.85. The van der Waals surface area contributed by atoms with Gasteiger partial charge in [0.15, 0.2) is 0 Å². The predicted molar refractivity (Wildman–Crippen MR) is 78.5 cm³/mol. The van der Waals surface area contributed by atoms with Crippen LogP contribution in [0.15, 0.2) is 24.3 Å². The number of benzene rings is 1. The Kier molecular flexibility index (Phi) is 7.55. The summed E-state index contributed by atoms with van der Waals surface area (Å²) in [5.74, 6) is 0. The lowest BCUT2D eigenvalue weighted by molar-refractivity contribution is 0.313. The first-order valence-corrected chi connectivity index (χ1v) is 5.52. The molecule has 5 heteroatoms. The first-order valence-electron chi connectivity index (χ1n) is 5.52. The molecule has 0 aromatic heterocycles. The van der Waals surface area contributed by atoms with E-state index < -0.39 is 0 Å². The van der Waals surface area contributed by atoms with Crippen LogP contribution in [0.5, 0.6) is 0 Å². The van der Waals surface area contributed by atoms with Crippen molar-refractivity contribution in [2.75, 3.05) is 38.1 Å². The van der Waals surface area contributed by atoms with Crippen LogP contribution in [0, 0.1) is 0 Å². The van der Waals surface area contributed by atoms with E-state index in [9.17, 15) is 0 Å². The van der Waals surface area contributed by atoms with Gasteiger partial charge in [0.2, 0.25) is 0 Å². The van der Waals surface area contributed by atoms with Gasteiger partial charge in [0.1, 0.15) is 0 Å². The van der Waals surface area contributed by atoms with Gasteiger partial charge < -0.3 is 15.5 Å². The molecule has 0 aliphatic carbocycles. The van der Waals surface area contributed by atoms with Crippen molar-refractivity contribution in [2.24, 2.45) is 5.73 Å². The molecule has 0 unspecified atom stereocenters. The van der Waals surface area contributed by atoms with Crippen molar-refractivity contribution in [3.8, 4) is 0 Å². The minimum Gasteiger partial charge on any atom is -0.369 e. The summed E-state index contributed by atoms with van der Waals surface area (Å²) >= 11 is 0. The van der Waals surface area contributed by atoms with E-state index in [0.29, 0.717) is 6.54 Å². The van der Waals surface area contributed by atoms with E-state index in [1.54, 1.807) is 0 Å². The summed E-state index contributed by atoms with van der Waals surface area (Å²) in [4.78, 5) is 4.80. The quantitative estimate of drug-likeness (QED) is 0.894. The minimum atomic E-state index is 0. The maximum atomic E-state index is 5.58. The molecule has 2 rings (SSSR count). The lowest BCUT2D eigenvalue weighted by Crippen LogP contribution is -2.44. The second kappa shape index (κ2) is 7.77. The third-order valence-corrected chi connectivity index (χ3v) is 3.04. The molecule has 0 saturated carbocycles. The molecule has 17 heavy (non-hydrogen) atoms. The summed E-state index contributed by atoms with van der Waals surface area (Å²) in [5, 5.41) is 0. The molecule has 1 aromatic rings. The maximum absolute atomic E-state index is 5.58. The van der Waals surface area contributed by atoms with Gasteiger partial charge >= 0.3 is 0 Å². The molecule has 98 valence electrons. The van der Waals surface area contributed by atoms with E-state index in [4.69, 9.17) is 5.73 Å². The van der Waals surface area contributed by atoms with Crippen LogP contribution in [0.3, 0.4) is 0 Å². The van der Waals surface area contributed by atoms with Crippen molar-refractivity contribution in [3.05, 3.63) is 29.8 Å². The summed E-state index contributed by atoms with van der Waals surface area (Å²) in [6.45, 7) is 5.18. The van der Waals surface area contributed by atoms with Crippen molar-refractivity contribution < 1.29 is 0 Å². The Labute approximate surface area is 116 Å². The number of piperazine rings is 1. The molecular weight excluding hydrogens is 257 g/mol. The standard InChI is InChI=1S/C12H19N3.2ClH/c1-14-6-8-15(9-7-14)12-4-2-11(10-13)3-5-12;;/h2-5H,6-10,13H2,1H3;2*1H. The van der Waals surface area contributed by atoms with Crippen LogP contribution >= 0.6 is 24.8 Å². The molecular formula is C12H21Cl2N3. The van der Waals surface area contributed by atoms with Gasteiger partial charge in [0.05, 0.1) is 0 Å². The first-order chi connectivity index (χ1) is 7.29. The fourth-order valence-electron chi connectivity index (χ4n) is 1.91. The van der Waals surface area contributed by atoms with Gasteiger partial charge in [-0.1, -0.05) is 12.1 Å². The van der Waals surface area contributed by atoms with Crippen LogP contribution in [0.2, 0.25) is 0 Å². The van der Waals surface area contributed by atoms with Gasteiger partial charge in [-0.05, 0) is 24.7 Å². The third-order valence-electron chi connectivity index (χ3n) is 3.04. The van der Waals surface area contributed by atoms with Gasteiger partial charge in [-0.15, -0.1) is 24.8 Å². The second-order valence-corrected chi connectivity index (χ2v) is 4.16. The summed E-state index contributed by atoms with van der Waals surface area (Å²) < 4.78 is 0. The van der Waals surface area contributed by atoms with Crippen LogP contribution in [0.4, 0.5) is 5.69 Å². The summed E-state index contributed by atoms with van der Waals surface area (Å²) in [6, 6.07) is 8.59. The zero-order chi connectivity index (χ0) is 10.7. The molecule has 1 aliphatic heterocycles. The van der Waals surface area contributed by atoms with Crippen LogP contribution in [0.25, 0.3) is 0 Å². The summed E-state index contributed by atoms with van der Waals surface area (Å²) in [6.07, 6.45) is 0. The number of hydrogen-bond acceptors (Lipinski definition) is 3. The fraction of sp³-hybridized carbons (Fsp3) is 0.500. The van der Waals surface area contributed by atoms with Crippen molar-refractivity contribution in [2.45, 2.75) is 6.54 Å². The van der Waals surface area contributed by atoms with Gasteiger partial charge in [0.25, 0.3) is 0 Å². The zero-order valence-electron chi connectivity index (χ0n) is 10.1. The number of anilines is 1. The zero-order valence-corrected chi connectivity index (χ0v) is 11.8. The molecule has 0 radical (unpaired) electrons. The number of likely N-dealkylation sites (N-methyl/N-ethyl adjacent to an activating group) is 1. The third kappa shape index (κ3) is 4.36. The highest BCUT2D eigenvalue weighted by atomic mass is 35.5. The highest BCUT2D eigenvalue weighted by Crippen LogP contribution is 2.16. The van der Waals surface area contributed by atoms with Crippen molar-refractivity contribution in [1.29, 1.82) is 0 Å². The Hall–Kier alpha value is -0.480. The molecule has 0 atom stereocenters. The van der Waals surface area contributed by atoms with E-state index in [2.05, 4.69) is 41.1 Å². The topological polar surface area (TPSA) is 32.5 Å². The smallest absolute Gasteiger partial charge is 0.0367 e. The Morgan fingerprint density at radius 2 is 1.53 bits per heavy atom. The number of halogens is 2. The van der Waals surface area contributed by atoms with Crippen molar-refractivity contribution in [1.82, 2.24) is 4.90 Å². The highest BCUT2D eigenvalue weighted by Gasteiger charge is 2.13. The fourth-order valence-corrected chi connectivity index (χ4v) is 1.91. The Bertz CT molecular complexity index is 308. The van der Waals surface area contributed by atoms with Gasteiger partial charge in [-0.2, -0.15) is 0 Å². The van der Waals surface area contributed by atoms with Gasteiger partial charge in [0, 0.05) is 38.4 Å². The van der Waals surface area contributed by atoms with E-state index in [0.717, 1.165) is 26.2 Å². The normalized spacial score (nSPS) is 16.0. The predicted octanol–water partition coefficient (Wildman–Crippen LogP) is 1.74. The summed E-state index contributed by atoms with van der Waals surface area (Å²) in [5.41, 5.74) is 8.10. The number of nitrogens with zero attached hydrogens (tertiary/aromatic N) is 2. The molecule has 1 aromatic carbocycles. The molecule has 0 spiro atoms. The van der Waals surface area contributed by atoms with E-state index in [1.807, 2.05) is 0 Å². The molecule has 1 aliphatic rings. The van der Waals surface area contributed by atoms with Gasteiger partial charge in [-0.3, -0.25) is 0 Å². The van der Waals surface area contributed by atoms with Crippen molar-refractivity contribution in [3.63, 3.8) is 0 Å². The maximum Gasteiger partial charge on any atom is 0.0367 e. The monoisotopic (exact) mass is 277 g/mol. The second-order valence-electron chi connectivity index (χ2n) is 4.16. The molecule has 0 amide bonds. The number of hydrogen-bond donors (Lipinski definition) is 1. The van der Waals surface area contributed by atoms with Crippen LogP contribution < -0.4 is 10.6 Å². The Balaban J connectivity index is 0.00000128. The first kappa shape index (κ1) is 16.5. The Morgan fingerprint density at radius 3 is 2.00 bits per heavy atom. The largest absolute Gasteiger partial charge is 0.369 e. The molecule has 1 fully saturated rings. The van der Waals surface area contributed by atoms with Crippen LogP contribution in [-0.2, 0) is 6.54 Å². The van der Waals surface area contributed by atoms with E-state index >= 15 is 0 Å². The molecule has 1 saturated heterocycles.